The number of Topliss-reactive ketones (excluding diaryl/α,β-unsaturated/α-hetero) is 2. The minimum Gasteiger partial charge on any atom is -0.293 e. The summed E-state index contributed by atoms with van der Waals surface area (Å²) in [7, 11) is 0. The second kappa shape index (κ2) is 9.59. The van der Waals surface area contributed by atoms with E-state index in [1.165, 1.54) is 72.1 Å². The molecular weight excluding hydrogens is 350 g/mol. The number of carbonyl (C=O) groups excluding carboxylic acids is 2. The Kier molecular flexibility index (Phi) is 7.46. The van der Waals surface area contributed by atoms with Gasteiger partial charge in [0.2, 0.25) is 0 Å². The van der Waals surface area contributed by atoms with Crippen molar-refractivity contribution < 1.29 is 18.4 Å². The molecule has 0 fully saturated rings. The number of halogens is 2. The molecule has 2 aromatic carbocycles. The third-order valence-electron chi connectivity index (χ3n) is 3.17. The third kappa shape index (κ3) is 6.09. The maximum atomic E-state index is 12.8. The Labute approximate surface area is 148 Å². The van der Waals surface area contributed by atoms with E-state index in [2.05, 4.69) is 0 Å². The van der Waals surface area contributed by atoms with Crippen molar-refractivity contribution in [1.82, 2.24) is 0 Å². The van der Waals surface area contributed by atoms with Crippen molar-refractivity contribution in [1.29, 1.82) is 0 Å². The quantitative estimate of drug-likeness (QED) is 0.483. The van der Waals surface area contributed by atoms with Gasteiger partial charge in [-0.05, 0) is 48.5 Å². The van der Waals surface area contributed by atoms with Crippen LogP contribution in [0.3, 0.4) is 0 Å². The molecule has 0 aliphatic carbocycles. The Hall–Kier alpha value is -1.66. The normalized spacial score (nSPS) is 10.6. The van der Waals surface area contributed by atoms with E-state index in [0.29, 0.717) is 22.6 Å². The maximum absolute atomic E-state index is 12.8. The van der Waals surface area contributed by atoms with Crippen LogP contribution in [-0.4, -0.2) is 34.6 Å². The number of carbonyl (C=O) groups is 2. The minimum absolute atomic E-state index is 0.0348. The summed E-state index contributed by atoms with van der Waals surface area (Å²) < 4.78 is 25.6. The largest absolute Gasteiger partial charge is 0.293 e. The zero-order valence-electron chi connectivity index (χ0n) is 12.8. The standard InChI is InChI=1S/C18H16F2O2S2/c19-15-5-1-13(2-6-15)17(21)11-23-9-10-24-12-18(22)14-3-7-16(20)8-4-14/h1-8H,9-12H2. The number of ketones is 2. The highest BCUT2D eigenvalue weighted by molar-refractivity contribution is 8.03. The summed E-state index contributed by atoms with van der Waals surface area (Å²) in [4.78, 5) is 23.7. The summed E-state index contributed by atoms with van der Waals surface area (Å²) in [5.41, 5.74) is 1.01. The van der Waals surface area contributed by atoms with Crippen molar-refractivity contribution in [2.45, 2.75) is 0 Å². The zero-order valence-corrected chi connectivity index (χ0v) is 14.5. The zero-order chi connectivity index (χ0) is 17.4. The van der Waals surface area contributed by atoms with Gasteiger partial charge >= 0.3 is 0 Å². The van der Waals surface area contributed by atoms with Crippen molar-refractivity contribution in [3.8, 4) is 0 Å². The summed E-state index contributed by atoms with van der Waals surface area (Å²) in [6.45, 7) is 0. The fraction of sp³-hybridized carbons (Fsp3) is 0.222. The molecule has 24 heavy (non-hydrogen) atoms. The van der Waals surface area contributed by atoms with Crippen LogP contribution in [0.15, 0.2) is 48.5 Å². The van der Waals surface area contributed by atoms with Crippen molar-refractivity contribution >= 4 is 35.1 Å². The molecule has 126 valence electrons. The lowest BCUT2D eigenvalue weighted by Gasteiger charge is -2.03. The summed E-state index contributed by atoms with van der Waals surface area (Å²) in [5.74, 6) is 1.36. The van der Waals surface area contributed by atoms with E-state index in [1.54, 1.807) is 0 Å². The fourth-order valence-corrected chi connectivity index (χ4v) is 3.82. The lowest BCUT2D eigenvalue weighted by Crippen LogP contribution is -2.05. The molecule has 2 nitrogen and oxygen atoms in total. The lowest BCUT2D eigenvalue weighted by atomic mass is 10.1. The van der Waals surface area contributed by atoms with E-state index in [9.17, 15) is 18.4 Å². The number of thioether (sulfide) groups is 2. The molecule has 2 rings (SSSR count). The van der Waals surface area contributed by atoms with Crippen LogP contribution < -0.4 is 0 Å². The van der Waals surface area contributed by atoms with Crippen LogP contribution in [0.2, 0.25) is 0 Å². The van der Waals surface area contributed by atoms with Crippen LogP contribution in [0.5, 0.6) is 0 Å². The first-order chi connectivity index (χ1) is 11.6. The van der Waals surface area contributed by atoms with Gasteiger partial charge in [0, 0.05) is 22.6 Å². The number of hydrogen-bond donors (Lipinski definition) is 0. The Morgan fingerprint density at radius 2 is 1.00 bits per heavy atom. The summed E-state index contributed by atoms with van der Waals surface area (Å²) in [6, 6.07) is 11.0. The molecular formula is C18H16F2O2S2. The van der Waals surface area contributed by atoms with Gasteiger partial charge in [0.25, 0.3) is 0 Å². The van der Waals surface area contributed by atoms with E-state index in [1.807, 2.05) is 0 Å². The maximum Gasteiger partial charge on any atom is 0.172 e. The first-order valence-electron chi connectivity index (χ1n) is 7.29. The molecule has 0 N–H and O–H groups in total. The van der Waals surface area contributed by atoms with Crippen LogP contribution in [0, 0.1) is 11.6 Å². The Bertz CT molecular complexity index is 624. The van der Waals surface area contributed by atoms with Crippen LogP contribution >= 0.6 is 23.5 Å². The van der Waals surface area contributed by atoms with Crippen molar-refractivity contribution in [3.05, 3.63) is 71.3 Å². The van der Waals surface area contributed by atoms with Gasteiger partial charge in [0.05, 0.1) is 11.5 Å². The van der Waals surface area contributed by atoms with Gasteiger partial charge in [0.1, 0.15) is 11.6 Å². The van der Waals surface area contributed by atoms with Gasteiger partial charge < -0.3 is 0 Å². The van der Waals surface area contributed by atoms with Gasteiger partial charge in [-0.2, -0.15) is 23.5 Å². The Morgan fingerprint density at radius 3 is 1.33 bits per heavy atom. The van der Waals surface area contributed by atoms with Gasteiger partial charge in [-0.3, -0.25) is 9.59 Å². The minimum atomic E-state index is -0.360. The van der Waals surface area contributed by atoms with Crippen molar-refractivity contribution in [2.75, 3.05) is 23.0 Å². The molecule has 0 unspecified atom stereocenters. The molecule has 2 aromatic rings. The second-order valence-electron chi connectivity index (χ2n) is 4.97. The molecule has 0 amide bonds. The topological polar surface area (TPSA) is 34.1 Å². The smallest absolute Gasteiger partial charge is 0.172 e. The number of hydrogen-bond acceptors (Lipinski definition) is 4. The van der Waals surface area contributed by atoms with E-state index >= 15 is 0 Å². The first kappa shape index (κ1) is 18.7. The molecule has 0 spiro atoms. The number of rotatable bonds is 9. The summed E-state index contributed by atoms with van der Waals surface area (Å²) in [5, 5.41) is 0. The van der Waals surface area contributed by atoms with Crippen LogP contribution in [0.4, 0.5) is 8.78 Å². The molecule has 6 heteroatoms. The molecule has 0 heterocycles. The Morgan fingerprint density at radius 1 is 0.667 bits per heavy atom. The average molecular weight is 366 g/mol. The summed E-state index contributed by atoms with van der Waals surface area (Å²) >= 11 is 2.97. The molecule has 0 saturated carbocycles. The monoisotopic (exact) mass is 366 g/mol. The molecule has 0 aromatic heterocycles. The highest BCUT2D eigenvalue weighted by Crippen LogP contribution is 2.13. The van der Waals surface area contributed by atoms with Gasteiger partial charge in [-0.1, -0.05) is 0 Å². The van der Waals surface area contributed by atoms with Crippen molar-refractivity contribution in [3.63, 3.8) is 0 Å². The van der Waals surface area contributed by atoms with Crippen LogP contribution in [0.25, 0.3) is 0 Å². The van der Waals surface area contributed by atoms with Gasteiger partial charge in [-0.25, -0.2) is 8.78 Å². The molecule has 0 aliphatic heterocycles. The third-order valence-corrected chi connectivity index (χ3v) is 5.35. The van der Waals surface area contributed by atoms with E-state index < -0.39 is 0 Å². The highest BCUT2D eigenvalue weighted by Gasteiger charge is 2.08. The van der Waals surface area contributed by atoms with Gasteiger partial charge in [0.15, 0.2) is 11.6 Å². The van der Waals surface area contributed by atoms with E-state index in [0.717, 1.165) is 11.5 Å². The van der Waals surface area contributed by atoms with E-state index in [4.69, 9.17) is 0 Å². The average Bonchev–Trinajstić information content (AvgIpc) is 2.58. The fourth-order valence-electron chi connectivity index (χ4n) is 1.89. The SMILES string of the molecule is O=C(CSCCSCC(=O)c1ccc(F)cc1)c1ccc(F)cc1. The van der Waals surface area contributed by atoms with Gasteiger partial charge in [-0.15, -0.1) is 0 Å². The molecule has 0 bridgehead atoms. The first-order valence-corrected chi connectivity index (χ1v) is 9.60. The predicted octanol–water partition coefficient (Wildman–Crippen LogP) is 4.50. The summed E-state index contributed by atoms with van der Waals surface area (Å²) in [6.07, 6.45) is 0. The highest BCUT2D eigenvalue weighted by atomic mass is 32.2. The molecule has 0 radical (unpaired) electrons. The lowest BCUT2D eigenvalue weighted by molar-refractivity contribution is 0.101. The molecule has 0 aliphatic rings. The predicted molar refractivity (Wildman–Crippen MR) is 96.1 cm³/mol. The second-order valence-corrected chi connectivity index (χ2v) is 7.18. The Balaban J connectivity index is 1.61. The van der Waals surface area contributed by atoms with E-state index in [-0.39, 0.29) is 23.2 Å². The van der Waals surface area contributed by atoms with Crippen molar-refractivity contribution in [2.24, 2.45) is 0 Å². The van der Waals surface area contributed by atoms with Crippen LogP contribution in [-0.2, 0) is 0 Å². The molecule has 0 atom stereocenters. The van der Waals surface area contributed by atoms with Crippen LogP contribution in [0.1, 0.15) is 20.7 Å². The molecule has 0 saturated heterocycles. The number of benzene rings is 2.